The second kappa shape index (κ2) is 7.63. The number of benzene rings is 2. The van der Waals surface area contributed by atoms with Gasteiger partial charge in [-0.25, -0.2) is 0 Å². The fraction of sp³-hybridized carbons (Fsp3) is 0.250. The number of nitrogens with one attached hydrogen (secondary N) is 1. The first-order valence-corrected chi connectivity index (χ1v) is 7.88. The van der Waals surface area contributed by atoms with Crippen LogP contribution in [0.15, 0.2) is 48.5 Å². The van der Waals surface area contributed by atoms with Gasteiger partial charge in [0.25, 0.3) is 0 Å². The highest BCUT2D eigenvalue weighted by molar-refractivity contribution is 5.98. The van der Waals surface area contributed by atoms with Crippen molar-refractivity contribution >= 4 is 17.4 Å². The highest BCUT2D eigenvalue weighted by Crippen LogP contribution is 2.19. The predicted octanol–water partition coefficient (Wildman–Crippen LogP) is 3.80. The van der Waals surface area contributed by atoms with Gasteiger partial charge in [0.1, 0.15) is 11.8 Å². The highest BCUT2D eigenvalue weighted by atomic mass is 16.5. The van der Waals surface area contributed by atoms with Crippen molar-refractivity contribution in [1.82, 2.24) is 0 Å². The van der Waals surface area contributed by atoms with Crippen LogP contribution in [0, 0.1) is 16.7 Å². The van der Waals surface area contributed by atoms with E-state index >= 15 is 0 Å². The first-order chi connectivity index (χ1) is 11.8. The van der Waals surface area contributed by atoms with Crippen LogP contribution in [-0.4, -0.2) is 18.3 Å². The minimum Gasteiger partial charge on any atom is -0.484 e. The molecule has 25 heavy (non-hydrogen) atoms. The summed E-state index contributed by atoms with van der Waals surface area (Å²) in [5, 5.41) is 11.8. The number of ketones is 1. The smallest absolute Gasteiger partial charge is 0.229 e. The molecule has 0 radical (unpaired) electrons. The molecule has 0 aliphatic rings. The largest absolute Gasteiger partial charge is 0.484 e. The number of carbonyl (C=O) groups is 2. The van der Waals surface area contributed by atoms with Gasteiger partial charge in [-0.3, -0.25) is 9.59 Å². The molecule has 0 spiro atoms. The van der Waals surface area contributed by atoms with Crippen molar-refractivity contribution in [2.75, 3.05) is 11.9 Å². The molecule has 1 amide bonds. The fourth-order valence-electron chi connectivity index (χ4n) is 1.97. The Balaban J connectivity index is 1.99. The van der Waals surface area contributed by atoms with Crippen molar-refractivity contribution in [2.24, 2.45) is 5.41 Å². The minimum absolute atomic E-state index is 0.0944. The van der Waals surface area contributed by atoms with Crippen molar-refractivity contribution in [3.8, 4) is 11.8 Å². The van der Waals surface area contributed by atoms with Gasteiger partial charge in [-0.1, -0.05) is 32.9 Å². The van der Waals surface area contributed by atoms with Gasteiger partial charge in [-0.15, -0.1) is 0 Å². The Morgan fingerprint density at radius 1 is 1.08 bits per heavy atom. The zero-order valence-electron chi connectivity index (χ0n) is 14.5. The summed E-state index contributed by atoms with van der Waals surface area (Å²) in [7, 11) is 0. The molecule has 2 aromatic carbocycles. The summed E-state index contributed by atoms with van der Waals surface area (Å²) in [6.07, 6.45) is 0. The molecule has 0 aliphatic heterocycles. The lowest BCUT2D eigenvalue weighted by molar-refractivity contribution is -0.123. The third-order valence-corrected chi connectivity index (χ3v) is 3.51. The number of para-hydroxylation sites is 1. The summed E-state index contributed by atoms with van der Waals surface area (Å²) in [5.74, 6) is 0.0804. The van der Waals surface area contributed by atoms with E-state index in [1.54, 1.807) is 48.5 Å². The Kier molecular flexibility index (Phi) is 5.56. The van der Waals surface area contributed by atoms with Crippen LogP contribution >= 0.6 is 0 Å². The van der Waals surface area contributed by atoms with Gasteiger partial charge in [0.2, 0.25) is 5.91 Å². The molecule has 1 N–H and O–H groups in total. The van der Waals surface area contributed by atoms with Crippen LogP contribution in [-0.2, 0) is 4.79 Å². The van der Waals surface area contributed by atoms with Crippen LogP contribution < -0.4 is 10.1 Å². The Morgan fingerprint density at radius 3 is 2.32 bits per heavy atom. The molecule has 0 saturated carbocycles. The average Bonchev–Trinajstić information content (AvgIpc) is 2.59. The molecule has 5 nitrogen and oxygen atoms in total. The molecular weight excluding hydrogens is 316 g/mol. The Labute approximate surface area is 147 Å². The van der Waals surface area contributed by atoms with E-state index in [1.165, 1.54) is 0 Å². The lowest BCUT2D eigenvalue weighted by atomic mass is 9.95. The maximum atomic E-state index is 12.2. The number of anilines is 1. The van der Waals surface area contributed by atoms with Gasteiger partial charge in [-0.2, -0.15) is 5.26 Å². The number of nitriles is 1. The van der Waals surface area contributed by atoms with Gasteiger partial charge in [0.15, 0.2) is 12.4 Å². The summed E-state index contributed by atoms with van der Waals surface area (Å²) in [6.45, 7) is 5.33. The van der Waals surface area contributed by atoms with Crippen molar-refractivity contribution in [3.63, 3.8) is 0 Å². The van der Waals surface area contributed by atoms with Gasteiger partial charge in [0, 0.05) is 16.7 Å². The second-order valence-corrected chi connectivity index (χ2v) is 6.60. The SMILES string of the molecule is CC(C)(C)C(=O)Nc1ccc(C(=O)COc2ccccc2C#N)cc1. The number of Topliss-reactive ketones (excluding diaryl/α,β-unsaturated/α-hetero) is 1. The van der Waals surface area contributed by atoms with Crippen molar-refractivity contribution in [1.29, 1.82) is 5.26 Å². The van der Waals surface area contributed by atoms with E-state index in [1.807, 2.05) is 26.8 Å². The van der Waals surface area contributed by atoms with Gasteiger partial charge in [-0.05, 0) is 36.4 Å². The molecule has 0 atom stereocenters. The molecule has 0 bridgehead atoms. The Hall–Kier alpha value is -3.13. The molecule has 0 saturated heterocycles. The van der Waals surface area contributed by atoms with E-state index in [0.29, 0.717) is 22.6 Å². The Bertz CT molecular complexity index is 812. The predicted molar refractivity (Wildman–Crippen MR) is 95.5 cm³/mol. The van der Waals surface area contributed by atoms with Gasteiger partial charge >= 0.3 is 0 Å². The number of rotatable bonds is 5. The third kappa shape index (κ3) is 4.92. The summed E-state index contributed by atoms with van der Waals surface area (Å²) >= 11 is 0. The number of nitrogens with zero attached hydrogens (tertiary/aromatic N) is 1. The van der Waals surface area contributed by atoms with E-state index in [4.69, 9.17) is 10.00 Å². The van der Waals surface area contributed by atoms with Crippen LogP contribution in [0.5, 0.6) is 5.75 Å². The van der Waals surface area contributed by atoms with E-state index in [0.717, 1.165) is 0 Å². The molecular formula is C20H20N2O3. The summed E-state index contributed by atoms with van der Waals surface area (Å²) in [4.78, 5) is 24.2. The number of hydrogen-bond donors (Lipinski definition) is 1. The molecule has 2 aromatic rings. The molecule has 0 fully saturated rings. The monoisotopic (exact) mass is 336 g/mol. The molecule has 128 valence electrons. The van der Waals surface area contributed by atoms with Crippen molar-refractivity contribution in [3.05, 3.63) is 59.7 Å². The van der Waals surface area contributed by atoms with E-state index < -0.39 is 5.41 Å². The molecule has 0 aromatic heterocycles. The zero-order chi connectivity index (χ0) is 18.4. The summed E-state index contributed by atoms with van der Waals surface area (Å²) in [6, 6.07) is 15.4. The molecule has 2 rings (SSSR count). The van der Waals surface area contributed by atoms with E-state index in [9.17, 15) is 9.59 Å². The molecule has 5 heteroatoms. The minimum atomic E-state index is -0.490. The third-order valence-electron chi connectivity index (χ3n) is 3.51. The number of carbonyl (C=O) groups excluding carboxylic acids is 2. The standard InChI is InChI=1S/C20H20N2O3/c1-20(2,3)19(24)22-16-10-8-14(9-11-16)17(23)13-25-18-7-5-4-6-15(18)12-21/h4-11H,13H2,1-3H3,(H,22,24). The average molecular weight is 336 g/mol. The Morgan fingerprint density at radius 2 is 1.72 bits per heavy atom. The van der Waals surface area contributed by atoms with E-state index in [2.05, 4.69) is 5.32 Å². The second-order valence-electron chi connectivity index (χ2n) is 6.60. The first-order valence-electron chi connectivity index (χ1n) is 7.88. The van der Waals surface area contributed by atoms with Crippen LogP contribution in [0.2, 0.25) is 0 Å². The van der Waals surface area contributed by atoms with Crippen LogP contribution in [0.1, 0.15) is 36.7 Å². The molecule has 0 unspecified atom stereocenters. The lowest BCUT2D eigenvalue weighted by Crippen LogP contribution is -2.27. The van der Waals surface area contributed by atoms with Crippen LogP contribution in [0.3, 0.4) is 0 Å². The normalized spacial score (nSPS) is 10.6. The van der Waals surface area contributed by atoms with E-state index in [-0.39, 0.29) is 18.3 Å². The van der Waals surface area contributed by atoms with Crippen molar-refractivity contribution in [2.45, 2.75) is 20.8 Å². The zero-order valence-corrected chi connectivity index (χ0v) is 14.5. The number of ether oxygens (including phenoxy) is 1. The van der Waals surface area contributed by atoms with Gasteiger partial charge < -0.3 is 10.1 Å². The quantitative estimate of drug-likeness (QED) is 0.842. The maximum absolute atomic E-state index is 12.2. The van der Waals surface area contributed by atoms with Crippen molar-refractivity contribution < 1.29 is 14.3 Å². The topological polar surface area (TPSA) is 79.2 Å². The molecule has 0 aliphatic carbocycles. The van der Waals surface area contributed by atoms with Crippen LogP contribution in [0.4, 0.5) is 5.69 Å². The summed E-state index contributed by atoms with van der Waals surface area (Å²) < 4.78 is 5.44. The summed E-state index contributed by atoms with van der Waals surface area (Å²) in [5.41, 5.74) is 1.00. The fourth-order valence-corrected chi connectivity index (χ4v) is 1.97. The number of amides is 1. The molecule has 0 heterocycles. The van der Waals surface area contributed by atoms with Crippen LogP contribution in [0.25, 0.3) is 0 Å². The lowest BCUT2D eigenvalue weighted by Gasteiger charge is -2.17. The van der Waals surface area contributed by atoms with Gasteiger partial charge in [0.05, 0.1) is 5.56 Å². The maximum Gasteiger partial charge on any atom is 0.229 e. The number of hydrogen-bond acceptors (Lipinski definition) is 4. The highest BCUT2D eigenvalue weighted by Gasteiger charge is 2.21. The first kappa shape index (κ1) is 18.2.